The molecule has 1 atom stereocenters. The van der Waals surface area contributed by atoms with Crippen LogP contribution in [0.5, 0.6) is 0 Å². The molecule has 1 unspecified atom stereocenters. The number of aromatic nitrogens is 2. The average molecular weight is 447 g/mol. The third-order valence-corrected chi connectivity index (χ3v) is 5.44. The number of nitrogens with zero attached hydrogens (tertiary/aromatic N) is 3. The lowest BCUT2D eigenvalue weighted by Crippen LogP contribution is -2.27. The molecule has 3 rings (SSSR count). The first-order valence-corrected chi connectivity index (χ1v) is 10.1. The minimum atomic E-state index is -4.38. The first-order chi connectivity index (χ1) is 14.7. The number of alkyl halides is 3. The highest BCUT2D eigenvalue weighted by Crippen LogP contribution is 2.31. The van der Waals surface area contributed by atoms with Crippen LogP contribution in [0, 0.1) is 6.92 Å². The van der Waals surface area contributed by atoms with Crippen molar-refractivity contribution in [1.82, 2.24) is 15.3 Å². The van der Waals surface area contributed by atoms with Gasteiger partial charge in [0.2, 0.25) is 0 Å². The van der Waals surface area contributed by atoms with Crippen LogP contribution in [0.25, 0.3) is 0 Å². The van der Waals surface area contributed by atoms with Gasteiger partial charge < -0.3 is 10.6 Å². The van der Waals surface area contributed by atoms with Gasteiger partial charge in [0.25, 0.3) is 5.91 Å². The summed E-state index contributed by atoms with van der Waals surface area (Å²) in [5.41, 5.74) is 1.60. The summed E-state index contributed by atoms with van der Waals surface area (Å²) in [5, 5.41) is 6.35. The second-order valence-electron chi connectivity index (χ2n) is 6.71. The van der Waals surface area contributed by atoms with Crippen molar-refractivity contribution in [2.45, 2.75) is 33.0 Å². The molecule has 2 heterocycles. The summed E-state index contributed by atoms with van der Waals surface area (Å²) in [5.74, 6) is -0.326. The van der Waals surface area contributed by atoms with Gasteiger partial charge in [0.1, 0.15) is 5.69 Å². The zero-order valence-electron chi connectivity index (χ0n) is 17.0. The molecule has 3 aromatic rings. The van der Waals surface area contributed by atoms with E-state index in [1.165, 1.54) is 23.5 Å². The number of pyridine rings is 1. The Morgan fingerprint density at radius 2 is 1.90 bits per heavy atom. The molecular formula is C21H20F3N5OS. The van der Waals surface area contributed by atoms with E-state index in [2.05, 4.69) is 25.6 Å². The van der Waals surface area contributed by atoms with Crippen molar-refractivity contribution in [2.75, 3.05) is 5.32 Å². The van der Waals surface area contributed by atoms with E-state index in [0.29, 0.717) is 16.5 Å². The number of carbonyl (C=O) groups is 1. The summed E-state index contributed by atoms with van der Waals surface area (Å²) < 4.78 is 38.0. The number of carbonyl (C=O) groups excluding carboxylic acids is 1. The second kappa shape index (κ2) is 9.25. The van der Waals surface area contributed by atoms with Gasteiger partial charge in [-0.3, -0.25) is 9.79 Å². The standard InChI is InChI=1S/C21H20F3N5OS/c1-4-25-17-10-26-16(9-12(17)2)19(30)28-13(3)18-11-27-20(31-18)29-15-7-5-14(6-8-15)21(22,23)24/h4-11,13H,1-3H3,(H,27,29)(H,28,30). The molecule has 2 N–H and O–H groups in total. The fourth-order valence-corrected chi connectivity index (χ4v) is 3.54. The van der Waals surface area contributed by atoms with E-state index in [9.17, 15) is 18.0 Å². The molecule has 0 spiro atoms. The molecule has 1 amide bonds. The van der Waals surface area contributed by atoms with Gasteiger partial charge in [-0.25, -0.2) is 9.97 Å². The molecule has 0 aliphatic rings. The van der Waals surface area contributed by atoms with Crippen LogP contribution in [0.4, 0.5) is 29.7 Å². The van der Waals surface area contributed by atoms with Crippen LogP contribution < -0.4 is 10.6 Å². The van der Waals surface area contributed by atoms with Crippen molar-refractivity contribution in [3.8, 4) is 0 Å². The molecule has 31 heavy (non-hydrogen) atoms. The fraction of sp³-hybridized carbons (Fsp3) is 0.238. The number of amides is 1. The van der Waals surface area contributed by atoms with E-state index in [-0.39, 0.29) is 17.6 Å². The van der Waals surface area contributed by atoms with Crippen molar-refractivity contribution in [3.05, 3.63) is 64.4 Å². The molecule has 0 aliphatic heterocycles. The molecular weight excluding hydrogens is 427 g/mol. The molecule has 162 valence electrons. The lowest BCUT2D eigenvalue weighted by molar-refractivity contribution is -0.137. The highest BCUT2D eigenvalue weighted by atomic mass is 32.1. The summed E-state index contributed by atoms with van der Waals surface area (Å²) in [6.45, 7) is 5.47. The third-order valence-electron chi connectivity index (χ3n) is 4.35. The van der Waals surface area contributed by atoms with E-state index >= 15 is 0 Å². The number of hydrogen-bond acceptors (Lipinski definition) is 6. The van der Waals surface area contributed by atoms with Gasteiger partial charge in [0, 0.05) is 23.0 Å². The highest BCUT2D eigenvalue weighted by Gasteiger charge is 2.30. The van der Waals surface area contributed by atoms with Gasteiger partial charge in [0.05, 0.1) is 23.5 Å². The molecule has 0 bridgehead atoms. The lowest BCUT2D eigenvalue weighted by Gasteiger charge is -2.12. The number of nitrogens with one attached hydrogen (secondary N) is 2. The van der Waals surface area contributed by atoms with Gasteiger partial charge in [-0.2, -0.15) is 13.2 Å². The van der Waals surface area contributed by atoms with E-state index in [4.69, 9.17) is 0 Å². The van der Waals surface area contributed by atoms with E-state index in [1.54, 1.807) is 31.6 Å². The summed E-state index contributed by atoms with van der Waals surface area (Å²) in [7, 11) is 0. The molecule has 0 fully saturated rings. The lowest BCUT2D eigenvalue weighted by atomic mass is 10.2. The van der Waals surface area contributed by atoms with Gasteiger partial charge >= 0.3 is 6.18 Å². The normalized spacial score (nSPS) is 12.7. The number of halogens is 3. The summed E-state index contributed by atoms with van der Waals surface area (Å²) in [4.78, 5) is 25.9. The Morgan fingerprint density at radius 3 is 2.52 bits per heavy atom. The zero-order chi connectivity index (χ0) is 22.6. The Kier molecular flexibility index (Phi) is 6.69. The van der Waals surface area contributed by atoms with Crippen molar-refractivity contribution in [1.29, 1.82) is 0 Å². The van der Waals surface area contributed by atoms with Crippen LogP contribution in [-0.2, 0) is 6.18 Å². The highest BCUT2D eigenvalue weighted by molar-refractivity contribution is 7.15. The minimum Gasteiger partial charge on any atom is -0.343 e. The largest absolute Gasteiger partial charge is 0.416 e. The van der Waals surface area contributed by atoms with Crippen LogP contribution >= 0.6 is 11.3 Å². The number of anilines is 2. The topological polar surface area (TPSA) is 79.3 Å². The number of thiazole rings is 1. The van der Waals surface area contributed by atoms with Crippen LogP contribution in [0.15, 0.2) is 47.7 Å². The molecule has 0 aliphatic carbocycles. The van der Waals surface area contributed by atoms with E-state index in [0.717, 1.165) is 22.6 Å². The number of hydrogen-bond donors (Lipinski definition) is 2. The maximum Gasteiger partial charge on any atom is 0.416 e. The smallest absolute Gasteiger partial charge is 0.343 e. The Bertz CT molecular complexity index is 1090. The van der Waals surface area contributed by atoms with E-state index < -0.39 is 11.7 Å². The minimum absolute atomic E-state index is 0.284. The third kappa shape index (κ3) is 5.66. The van der Waals surface area contributed by atoms with Crippen molar-refractivity contribution < 1.29 is 18.0 Å². The molecule has 1 aromatic carbocycles. The van der Waals surface area contributed by atoms with Crippen molar-refractivity contribution >= 4 is 40.0 Å². The van der Waals surface area contributed by atoms with Crippen molar-refractivity contribution in [2.24, 2.45) is 4.99 Å². The number of benzene rings is 1. The molecule has 6 nitrogen and oxygen atoms in total. The Balaban J connectivity index is 1.64. The van der Waals surface area contributed by atoms with Crippen LogP contribution in [-0.4, -0.2) is 22.1 Å². The first-order valence-electron chi connectivity index (χ1n) is 9.33. The summed E-state index contributed by atoms with van der Waals surface area (Å²) in [6.07, 6.45) is 0.441. The molecule has 2 aromatic heterocycles. The van der Waals surface area contributed by atoms with Crippen LogP contribution in [0.3, 0.4) is 0 Å². The van der Waals surface area contributed by atoms with Gasteiger partial charge in [-0.15, -0.1) is 0 Å². The van der Waals surface area contributed by atoms with E-state index in [1.807, 2.05) is 13.8 Å². The summed E-state index contributed by atoms with van der Waals surface area (Å²) in [6, 6.07) is 6.04. The fourth-order valence-electron chi connectivity index (χ4n) is 2.70. The Labute approximate surface area is 181 Å². The predicted octanol–water partition coefficient (Wildman–Crippen LogP) is 5.82. The molecule has 0 radical (unpaired) electrons. The number of rotatable bonds is 6. The molecule has 0 saturated heterocycles. The monoisotopic (exact) mass is 447 g/mol. The van der Waals surface area contributed by atoms with Crippen LogP contribution in [0.1, 0.15) is 46.4 Å². The molecule has 10 heteroatoms. The average Bonchev–Trinajstić information content (AvgIpc) is 3.18. The van der Waals surface area contributed by atoms with Gasteiger partial charge in [-0.05, 0) is 56.7 Å². The van der Waals surface area contributed by atoms with Gasteiger partial charge in [-0.1, -0.05) is 11.3 Å². The second-order valence-corrected chi connectivity index (χ2v) is 7.77. The SMILES string of the molecule is CC=Nc1cnc(C(=O)NC(C)c2cnc(Nc3ccc(C(F)(F)F)cc3)s2)cc1C. The quantitative estimate of drug-likeness (QED) is 0.467. The first kappa shape index (κ1) is 22.4. The maximum atomic E-state index is 12.7. The van der Waals surface area contributed by atoms with Crippen molar-refractivity contribution in [3.63, 3.8) is 0 Å². The van der Waals surface area contributed by atoms with Gasteiger partial charge in [0.15, 0.2) is 5.13 Å². The Morgan fingerprint density at radius 1 is 1.19 bits per heavy atom. The number of aryl methyl sites for hydroxylation is 1. The zero-order valence-corrected chi connectivity index (χ0v) is 17.8. The van der Waals surface area contributed by atoms with Crippen LogP contribution in [0.2, 0.25) is 0 Å². The molecule has 0 saturated carbocycles. The number of aliphatic imine (C=N–C) groups is 1. The predicted molar refractivity (Wildman–Crippen MR) is 116 cm³/mol. The Hall–Kier alpha value is -3.27. The summed E-state index contributed by atoms with van der Waals surface area (Å²) >= 11 is 1.30. The maximum absolute atomic E-state index is 12.7.